The van der Waals surface area contributed by atoms with E-state index in [0.717, 1.165) is 12.8 Å². The minimum atomic E-state index is -0.826. The fourth-order valence-electron chi connectivity index (χ4n) is 3.92. The summed E-state index contributed by atoms with van der Waals surface area (Å²) in [6.45, 7) is 13.1. The zero-order chi connectivity index (χ0) is 21.6. The SMILES string of the molecule is CCc1ccc(C)c2[cH-]c(C)cc12.CCc1ccc(C)c2[cH-]c(C)cc12.[Cl][Zr+2][Cl]. The zero-order valence-corrected chi connectivity index (χ0v) is 22.3. The first-order chi connectivity index (χ1) is 13.9. The van der Waals surface area contributed by atoms with E-state index in [1.165, 1.54) is 54.9 Å². The first-order valence-electron chi connectivity index (χ1n) is 10.1. The van der Waals surface area contributed by atoms with Gasteiger partial charge in [0.15, 0.2) is 0 Å². The van der Waals surface area contributed by atoms with Crippen LogP contribution in [0.5, 0.6) is 0 Å². The number of rotatable bonds is 2. The normalized spacial score (nSPS) is 10.2. The van der Waals surface area contributed by atoms with E-state index in [1.54, 1.807) is 0 Å². The van der Waals surface area contributed by atoms with Crippen LogP contribution in [0.15, 0.2) is 48.5 Å². The molecule has 0 heterocycles. The molecule has 0 saturated heterocycles. The molecule has 29 heavy (non-hydrogen) atoms. The van der Waals surface area contributed by atoms with Gasteiger partial charge in [-0.2, -0.15) is 12.1 Å². The van der Waals surface area contributed by atoms with Crippen molar-refractivity contribution >= 4 is 38.6 Å². The van der Waals surface area contributed by atoms with Gasteiger partial charge in [-0.3, -0.25) is 0 Å². The van der Waals surface area contributed by atoms with E-state index in [0.29, 0.717) is 0 Å². The van der Waals surface area contributed by atoms with Gasteiger partial charge in [-0.05, 0) is 12.8 Å². The molecule has 0 nitrogen and oxygen atoms in total. The third kappa shape index (κ3) is 6.07. The molecule has 0 aliphatic carbocycles. The van der Waals surface area contributed by atoms with Crippen molar-refractivity contribution in [3.8, 4) is 0 Å². The molecular weight excluding hydrogens is 474 g/mol. The van der Waals surface area contributed by atoms with Crippen LogP contribution in [0.25, 0.3) is 21.5 Å². The Hall–Kier alpha value is -0.877. The van der Waals surface area contributed by atoms with E-state index in [4.69, 9.17) is 17.0 Å². The Labute approximate surface area is 194 Å². The molecule has 0 radical (unpaired) electrons. The van der Waals surface area contributed by atoms with E-state index in [2.05, 4.69) is 90.1 Å². The van der Waals surface area contributed by atoms with Crippen molar-refractivity contribution in [2.75, 3.05) is 0 Å². The van der Waals surface area contributed by atoms with Crippen LogP contribution in [0.3, 0.4) is 0 Å². The second kappa shape index (κ2) is 11.5. The molecule has 0 fully saturated rings. The van der Waals surface area contributed by atoms with Crippen molar-refractivity contribution < 1.29 is 20.8 Å². The number of benzene rings is 2. The van der Waals surface area contributed by atoms with Crippen LogP contribution in [0.1, 0.15) is 47.2 Å². The van der Waals surface area contributed by atoms with Crippen LogP contribution in [0, 0.1) is 27.7 Å². The Morgan fingerprint density at radius 3 is 1.34 bits per heavy atom. The summed E-state index contributed by atoms with van der Waals surface area (Å²) in [5.74, 6) is 0. The average molecular weight is 505 g/mol. The van der Waals surface area contributed by atoms with Crippen LogP contribution in [0.2, 0.25) is 0 Å². The quantitative estimate of drug-likeness (QED) is 0.239. The maximum atomic E-state index is 4.93. The van der Waals surface area contributed by atoms with Gasteiger partial charge in [0.25, 0.3) is 0 Å². The Morgan fingerprint density at radius 1 is 0.690 bits per heavy atom. The molecule has 0 unspecified atom stereocenters. The molecular formula is C26H30Cl2Zr. The Balaban J connectivity index is 0.000000183. The van der Waals surface area contributed by atoms with Crippen molar-refractivity contribution in [2.45, 2.75) is 54.4 Å². The maximum absolute atomic E-state index is 4.93. The summed E-state index contributed by atoms with van der Waals surface area (Å²) in [5, 5.41) is 5.74. The predicted molar refractivity (Wildman–Crippen MR) is 128 cm³/mol. The van der Waals surface area contributed by atoms with Gasteiger partial charge in [0.05, 0.1) is 0 Å². The summed E-state index contributed by atoms with van der Waals surface area (Å²) >= 11 is -0.826. The Morgan fingerprint density at radius 2 is 1.03 bits per heavy atom. The summed E-state index contributed by atoms with van der Waals surface area (Å²) in [7, 11) is 9.87. The van der Waals surface area contributed by atoms with E-state index in [1.807, 2.05) is 0 Å². The summed E-state index contributed by atoms with van der Waals surface area (Å²) in [4.78, 5) is 0. The molecule has 0 saturated carbocycles. The molecule has 0 atom stereocenters. The molecule has 0 aliphatic heterocycles. The molecule has 0 N–H and O–H groups in total. The van der Waals surface area contributed by atoms with Gasteiger partial charge in [0, 0.05) is 0 Å². The van der Waals surface area contributed by atoms with E-state index < -0.39 is 20.8 Å². The van der Waals surface area contributed by atoms with Crippen LogP contribution in [-0.2, 0) is 33.7 Å². The van der Waals surface area contributed by atoms with Gasteiger partial charge >= 0.3 is 37.9 Å². The molecule has 4 rings (SSSR count). The molecule has 152 valence electrons. The van der Waals surface area contributed by atoms with Crippen LogP contribution in [-0.4, -0.2) is 0 Å². The zero-order valence-electron chi connectivity index (χ0n) is 18.3. The van der Waals surface area contributed by atoms with Gasteiger partial charge in [-0.25, -0.2) is 0 Å². The molecule has 0 aliphatic rings. The molecule has 3 heteroatoms. The molecule has 0 amide bonds. The van der Waals surface area contributed by atoms with Gasteiger partial charge in [-0.15, -0.1) is 68.1 Å². The average Bonchev–Trinajstić information content (AvgIpc) is 3.27. The Kier molecular flexibility index (Phi) is 9.67. The third-order valence-electron chi connectivity index (χ3n) is 5.44. The number of fused-ring (bicyclic) bond motifs is 2. The van der Waals surface area contributed by atoms with E-state index in [-0.39, 0.29) is 0 Å². The predicted octanol–water partition coefficient (Wildman–Crippen LogP) is 8.85. The van der Waals surface area contributed by atoms with Crippen LogP contribution in [0.4, 0.5) is 0 Å². The first-order valence-corrected chi connectivity index (χ1v) is 16.5. The molecule has 0 aromatic heterocycles. The van der Waals surface area contributed by atoms with Crippen LogP contribution >= 0.6 is 17.0 Å². The molecule has 4 aromatic carbocycles. The number of halogens is 2. The third-order valence-corrected chi connectivity index (χ3v) is 5.44. The fraction of sp³-hybridized carbons (Fsp3) is 0.308. The monoisotopic (exact) mass is 502 g/mol. The minimum absolute atomic E-state index is 0.826. The van der Waals surface area contributed by atoms with Crippen LogP contribution < -0.4 is 0 Å². The van der Waals surface area contributed by atoms with Gasteiger partial charge in [-0.1, -0.05) is 64.8 Å². The fourth-order valence-corrected chi connectivity index (χ4v) is 3.92. The molecule has 4 aromatic rings. The molecule has 0 spiro atoms. The van der Waals surface area contributed by atoms with Gasteiger partial charge in [0.2, 0.25) is 0 Å². The summed E-state index contributed by atoms with van der Waals surface area (Å²) in [6.07, 6.45) is 2.25. The van der Waals surface area contributed by atoms with Crippen molar-refractivity contribution in [1.82, 2.24) is 0 Å². The summed E-state index contributed by atoms with van der Waals surface area (Å²) in [5.41, 5.74) is 8.46. The van der Waals surface area contributed by atoms with Gasteiger partial charge in [0.1, 0.15) is 0 Å². The Bertz CT molecular complexity index is 983. The van der Waals surface area contributed by atoms with Crippen molar-refractivity contribution in [3.63, 3.8) is 0 Å². The summed E-state index contributed by atoms with van der Waals surface area (Å²) in [6, 6.07) is 18.1. The van der Waals surface area contributed by atoms with Gasteiger partial charge < -0.3 is 0 Å². The number of aryl methyl sites for hydroxylation is 6. The van der Waals surface area contributed by atoms with E-state index in [9.17, 15) is 0 Å². The topological polar surface area (TPSA) is 0 Å². The number of hydrogen-bond donors (Lipinski definition) is 0. The molecule has 0 bridgehead atoms. The van der Waals surface area contributed by atoms with Crippen molar-refractivity contribution in [2.24, 2.45) is 0 Å². The van der Waals surface area contributed by atoms with Crippen molar-refractivity contribution in [1.29, 1.82) is 0 Å². The standard InChI is InChI=1S/2C13H15.2ClH.Zr/c2*1-4-11-6-5-10(3)12-7-9(2)8-13(11)12;;;/h2*5-8H,4H2,1-3H3;2*1H;/q2*-1;;;+4/p-2. The second-order valence-corrected chi connectivity index (χ2v) is 11.3. The van der Waals surface area contributed by atoms with E-state index >= 15 is 0 Å². The second-order valence-electron chi connectivity index (χ2n) is 7.58. The summed E-state index contributed by atoms with van der Waals surface area (Å²) < 4.78 is 0. The number of hydrogen-bond acceptors (Lipinski definition) is 0. The first kappa shape index (κ1) is 24.4. The van der Waals surface area contributed by atoms with Crippen molar-refractivity contribution in [3.05, 3.63) is 81.9 Å².